The van der Waals surface area contributed by atoms with Gasteiger partial charge in [0.25, 0.3) is 5.91 Å². The van der Waals surface area contributed by atoms with Crippen molar-refractivity contribution >= 4 is 50.7 Å². The average Bonchev–Trinajstić information content (AvgIpc) is 2.38. The number of anilines is 1. The van der Waals surface area contributed by atoms with E-state index < -0.39 is 0 Å². The first-order valence-corrected chi connectivity index (χ1v) is 7.06. The summed E-state index contributed by atoms with van der Waals surface area (Å²) >= 11 is 15.4. The molecule has 0 radical (unpaired) electrons. The third-order valence-electron chi connectivity index (χ3n) is 2.64. The van der Waals surface area contributed by atoms with Crippen LogP contribution in [-0.4, -0.2) is 5.91 Å². The van der Waals surface area contributed by atoms with E-state index in [2.05, 4.69) is 21.2 Å². The zero-order chi connectivity index (χ0) is 14.0. The average molecular weight is 359 g/mol. The lowest BCUT2D eigenvalue weighted by molar-refractivity contribution is 0.102. The van der Waals surface area contributed by atoms with Gasteiger partial charge in [0.15, 0.2) is 0 Å². The number of carbonyl (C=O) groups is 1. The lowest BCUT2D eigenvalue weighted by Crippen LogP contribution is -2.13. The van der Waals surface area contributed by atoms with Crippen LogP contribution >= 0.6 is 39.1 Å². The Bertz CT molecular complexity index is 643. The van der Waals surface area contributed by atoms with Crippen molar-refractivity contribution in [2.24, 2.45) is 0 Å². The summed E-state index contributed by atoms with van der Waals surface area (Å²) in [7, 11) is 0. The number of benzene rings is 2. The molecule has 0 unspecified atom stereocenters. The Kier molecular flexibility index (Phi) is 4.50. The predicted molar refractivity (Wildman–Crippen MR) is 83.3 cm³/mol. The fourth-order valence-corrected chi connectivity index (χ4v) is 2.36. The predicted octanol–water partition coefficient (Wildman–Crippen LogP) is 5.32. The highest BCUT2D eigenvalue weighted by atomic mass is 79.9. The molecule has 5 heteroatoms. The normalized spacial score (nSPS) is 10.3. The largest absolute Gasteiger partial charge is 0.321 e. The molecule has 0 aliphatic carbocycles. The minimum atomic E-state index is -0.293. The zero-order valence-corrected chi connectivity index (χ0v) is 13.1. The highest BCUT2D eigenvalue weighted by Gasteiger charge is 2.14. The Labute approximate surface area is 129 Å². The second kappa shape index (κ2) is 5.95. The Morgan fingerprint density at radius 3 is 2.58 bits per heavy atom. The molecule has 2 rings (SSSR count). The van der Waals surface area contributed by atoms with Crippen molar-refractivity contribution in [3.05, 3.63) is 62.0 Å². The van der Waals surface area contributed by atoms with Gasteiger partial charge in [0.05, 0.1) is 21.3 Å². The molecule has 0 bridgehead atoms. The van der Waals surface area contributed by atoms with Crippen molar-refractivity contribution in [3.63, 3.8) is 0 Å². The van der Waals surface area contributed by atoms with E-state index in [0.717, 1.165) is 10.0 Å². The van der Waals surface area contributed by atoms with Gasteiger partial charge in [-0.25, -0.2) is 0 Å². The zero-order valence-electron chi connectivity index (χ0n) is 10.0. The number of hydrogen-bond acceptors (Lipinski definition) is 1. The summed E-state index contributed by atoms with van der Waals surface area (Å²) in [6.07, 6.45) is 0. The van der Waals surface area contributed by atoms with E-state index >= 15 is 0 Å². The summed E-state index contributed by atoms with van der Waals surface area (Å²) in [5, 5.41) is 3.42. The molecule has 0 aliphatic heterocycles. The first kappa shape index (κ1) is 14.4. The van der Waals surface area contributed by atoms with Crippen LogP contribution in [-0.2, 0) is 0 Å². The molecule has 2 aromatic carbocycles. The van der Waals surface area contributed by atoms with Gasteiger partial charge < -0.3 is 5.32 Å². The standard InChI is InChI=1S/C14H10BrCl2NO/c1-8-4-2-7-11(12(8)15)18-14(19)9-5-3-6-10(16)13(9)17/h2-7H,1H3,(H,18,19). The van der Waals surface area contributed by atoms with Crippen LogP contribution in [0.5, 0.6) is 0 Å². The summed E-state index contributed by atoms with van der Waals surface area (Å²) in [6.45, 7) is 1.95. The van der Waals surface area contributed by atoms with Crippen LogP contribution in [0.3, 0.4) is 0 Å². The summed E-state index contributed by atoms with van der Waals surface area (Å²) in [4.78, 5) is 12.2. The third-order valence-corrected chi connectivity index (χ3v) is 4.51. The van der Waals surface area contributed by atoms with E-state index in [1.54, 1.807) is 18.2 Å². The highest BCUT2D eigenvalue weighted by Crippen LogP contribution is 2.29. The van der Waals surface area contributed by atoms with E-state index in [4.69, 9.17) is 23.2 Å². The van der Waals surface area contributed by atoms with Gasteiger partial charge in [-0.3, -0.25) is 4.79 Å². The summed E-state index contributed by atoms with van der Waals surface area (Å²) in [5.74, 6) is -0.293. The number of amides is 1. The maximum atomic E-state index is 12.2. The van der Waals surface area contributed by atoms with Crippen molar-refractivity contribution in [1.29, 1.82) is 0 Å². The van der Waals surface area contributed by atoms with Crippen LogP contribution in [0.15, 0.2) is 40.9 Å². The van der Waals surface area contributed by atoms with Gasteiger partial charge in [0.2, 0.25) is 0 Å². The number of halogens is 3. The molecule has 2 nitrogen and oxygen atoms in total. The number of hydrogen-bond donors (Lipinski definition) is 1. The fourth-order valence-electron chi connectivity index (χ4n) is 1.61. The smallest absolute Gasteiger partial charge is 0.257 e. The molecule has 0 aromatic heterocycles. The second-order valence-corrected chi connectivity index (χ2v) is 5.57. The van der Waals surface area contributed by atoms with Crippen LogP contribution in [0, 0.1) is 6.92 Å². The van der Waals surface area contributed by atoms with Crippen molar-refractivity contribution in [1.82, 2.24) is 0 Å². The molecule has 98 valence electrons. The molecule has 0 fully saturated rings. The molecule has 0 atom stereocenters. The van der Waals surface area contributed by atoms with Gasteiger partial charge in [-0.2, -0.15) is 0 Å². The molecule has 0 saturated heterocycles. The first-order chi connectivity index (χ1) is 9.00. The van der Waals surface area contributed by atoms with Crippen LogP contribution in [0.4, 0.5) is 5.69 Å². The van der Waals surface area contributed by atoms with Gasteiger partial charge in [0.1, 0.15) is 0 Å². The molecular weight excluding hydrogens is 349 g/mol. The SMILES string of the molecule is Cc1cccc(NC(=O)c2cccc(Cl)c2Cl)c1Br. The maximum Gasteiger partial charge on any atom is 0.257 e. The Balaban J connectivity index is 2.31. The highest BCUT2D eigenvalue weighted by molar-refractivity contribution is 9.10. The molecule has 0 spiro atoms. The lowest BCUT2D eigenvalue weighted by Gasteiger charge is -2.10. The maximum absolute atomic E-state index is 12.2. The van der Waals surface area contributed by atoms with E-state index in [-0.39, 0.29) is 10.9 Å². The first-order valence-electron chi connectivity index (χ1n) is 5.51. The number of nitrogens with one attached hydrogen (secondary N) is 1. The van der Waals surface area contributed by atoms with E-state index in [1.807, 2.05) is 25.1 Å². The lowest BCUT2D eigenvalue weighted by atomic mass is 10.2. The summed E-state index contributed by atoms with van der Waals surface area (Å²) in [5.41, 5.74) is 2.08. The van der Waals surface area contributed by atoms with E-state index in [0.29, 0.717) is 16.3 Å². The molecule has 1 amide bonds. The van der Waals surface area contributed by atoms with Gasteiger partial charge in [0, 0.05) is 4.47 Å². The molecule has 0 saturated carbocycles. The fraction of sp³-hybridized carbons (Fsp3) is 0.0714. The summed E-state index contributed by atoms with van der Waals surface area (Å²) < 4.78 is 0.849. The van der Waals surface area contributed by atoms with Crippen LogP contribution in [0.2, 0.25) is 10.0 Å². The van der Waals surface area contributed by atoms with E-state index in [9.17, 15) is 4.79 Å². The summed E-state index contributed by atoms with van der Waals surface area (Å²) in [6, 6.07) is 10.6. The monoisotopic (exact) mass is 357 g/mol. The van der Waals surface area contributed by atoms with Crippen LogP contribution in [0.1, 0.15) is 15.9 Å². The Hall–Kier alpha value is -1.03. The van der Waals surface area contributed by atoms with Gasteiger partial charge in [-0.1, -0.05) is 41.4 Å². The molecule has 0 aliphatic rings. The van der Waals surface area contributed by atoms with Crippen LogP contribution < -0.4 is 5.32 Å². The topological polar surface area (TPSA) is 29.1 Å². The van der Waals surface area contributed by atoms with Gasteiger partial charge in [-0.05, 0) is 46.6 Å². The number of carbonyl (C=O) groups excluding carboxylic acids is 1. The van der Waals surface area contributed by atoms with Crippen molar-refractivity contribution in [2.45, 2.75) is 6.92 Å². The number of rotatable bonds is 2. The van der Waals surface area contributed by atoms with Gasteiger partial charge >= 0.3 is 0 Å². The van der Waals surface area contributed by atoms with Gasteiger partial charge in [-0.15, -0.1) is 0 Å². The quantitative estimate of drug-likeness (QED) is 0.773. The molecule has 1 N–H and O–H groups in total. The molecule has 2 aromatic rings. The number of aryl methyl sites for hydroxylation is 1. The molecular formula is C14H10BrCl2NO. The third kappa shape index (κ3) is 3.11. The van der Waals surface area contributed by atoms with Crippen molar-refractivity contribution in [2.75, 3.05) is 5.32 Å². The Morgan fingerprint density at radius 1 is 1.16 bits per heavy atom. The minimum absolute atomic E-state index is 0.255. The Morgan fingerprint density at radius 2 is 1.84 bits per heavy atom. The molecule has 19 heavy (non-hydrogen) atoms. The van der Waals surface area contributed by atoms with E-state index in [1.165, 1.54) is 0 Å². The minimum Gasteiger partial charge on any atom is -0.321 e. The molecule has 0 heterocycles. The van der Waals surface area contributed by atoms with Crippen molar-refractivity contribution in [3.8, 4) is 0 Å². The second-order valence-electron chi connectivity index (χ2n) is 3.99. The van der Waals surface area contributed by atoms with Crippen molar-refractivity contribution < 1.29 is 4.79 Å². The van der Waals surface area contributed by atoms with Crippen LogP contribution in [0.25, 0.3) is 0 Å².